The van der Waals surface area contributed by atoms with Gasteiger partial charge in [-0.1, -0.05) is 18.2 Å². The zero-order chi connectivity index (χ0) is 20.6. The number of ether oxygens (including phenoxy) is 2. The Balaban J connectivity index is 1.53. The molecule has 160 valence electrons. The molecule has 0 bridgehead atoms. The first-order valence-corrected chi connectivity index (χ1v) is 10.7. The van der Waals surface area contributed by atoms with Gasteiger partial charge in [0.1, 0.15) is 6.10 Å². The number of piperidine rings is 1. The highest BCUT2D eigenvalue weighted by molar-refractivity contribution is 5.94. The first-order chi connectivity index (χ1) is 14.0. The maximum Gasteiger partial charge on any atom is 0.253 e. The number of para-hydroxylation sites is 1. The van der Waals surface area contributed by atoms with E-state index in [1.807, 2.05) is 24.3 Å². The van der Waals surface area contributed by atoms with Gasteiger partial charge in [0.2, 0.25) is 5.91 Å². The molecular formula is C22H33N3O4. The van der Waals surface area contributed by atoms with E-state index in [1.54, 1.807) is 6.92 Å². The lowest BCUT2D eigenvalue weighted by Crippen LogP contribution is -2.40. The molecule has 0 saturated carbocycles. The Morgan fingerprint density at radius 2 is 2.10 bits per heavy atom. The lowest BCUT2D eigenvalue weighted by Gasteiger charge is -2.31. The average molecular weight is 404 g/mol. The molecule has 2 amide bonds. The van der Waals surface area contributed by atoms with Crippen molar-refractivity contribution in [1.29, 1.82) is 0 Å². The van der Waals surface area contributed by atoms with Gasteiger partial charge >= 0.3 is 0 Å². The van der Waals surface area contributed by atoms with E-state index in [9.17, 15) is 9.59 Å². The van der Waals surface area contributed by atoms with Gasteiger partial charge in [-0.05, 0) is 57.2 Å². The summed E-state index contributed by atoms with van der Waals surface area (Å²) in [4.78, 5) is 26.4. The van der Waals surface area contributed by atoms with Gasteiger partial charge in [-0.15, -0.1) is 0 Å². The molecule has 3 atom stereocenters. The number of amides is 2. The van der Waals surface area contributed by atoms with Crippen LogP contribution in [0.25, 0.3) is 0 Å². The molecule has 7 nitrogen and oxygen atoms in total. The van der Waals surface area contributed by atoms with E-state index in [1.165, 1.54) is 0 Å². The number of rotatable bonds is 8. The molecular weight excluding hydrogens is 370 g/mol. The summed E-state index contributed by atoms with van der Waals surface area (Å²) >= 11 is 0. The van der Waals surface area contributed by atoms with Crippen molar-refractivity contribution in [3.05, 3.63) is 29.8 Å². The summed E-state index contributed by atoms with van der Waals surface area (Å²) in [5.41, 5.74) is 7.29. The molecule has 2 saturated heterocycles. The van der Waals surface area contributed by atoms with Gasteiger partial charge in [-0.25, -0.2) is 0 Å². The molecule has 3 unspecified atom stereocenters. The molecule has 0 spiro atoms. The third-order valence-corrected chi connectivity index (χ3v) is 5.75. The number of anilines is 1. The first-order valence-electron chi connectivity index (χ1n) is 10.7. The summed E-state index contributed by atoms with van der Waals surface area (Å²) in [6.07, 6.45) is 4.57. The number of carbonyl (C=O) groups excluding carboxylic acids is 2. The van der Waals surface area contributed by atoms with Crippen molar-refractivity contribution in [3.8, 4) is 0 Å². The molecule has 3 N–H and O–H groups in total. The van der Waals surface area contributed by atoms with Crippen LogP contribution in [0.5, 0.6) is 0 Å². The molecule has 2 aliphatic heterocycles. The number of carbonyl (C=O) groups is 2. The number of likely N-dealkylation sites (tertiary alicyclic amines) is 1. The van der Waals surface area contributed by atoms with E-state index in [4.69, 9.17) is 15.2 Å². The fourth-order valence-corrected chi connectivity index (χ4v) is 3.95. The quantitative estimate of drug-likeness (QED) is 0.695. The predicted molar refractivity (Wildman–Crippen MR) is 111 cm³/mol. The number of nitrogens with two attached hydrogens (primary N) is 1. The molecule has 1 aromatic rings. The van der Waals surface area contributed by atoms with Crippen LogP contribution in [0.2, 0.25) is 0 Å². The monoisotopic (exact) mass is 403 g/mol. The number of hydrogen-bond acceptors (Lipinski definition) is 5. The number of primary amides is 1. The lowest BCUT2D eigenvalue weighted by molar-refractivity contribution is -0.130. The largest absolute Gasteiger partial charge is 0.376 e. The van der Waals surface area contributed by atoms with Gasteiger partial charge in [0.05, 0.1) is 18.6 Å². The minimum atomic E-state index is -0.553. The summed E-state index contributed by atoms with van der Waals surface area (Å²) < 4.78 is 11.4. The van der Waals surface area contributed by atoms with Crippen LogP contribution in [0.15, 0.2) is 24.3 Å². The molecule has 0 aromatic heterocycles. The minimum absolute atomic E-state index is 0.0867. The second-order valence-electron chi connectivity index (χ2n) is 8.09. The number of nitrogens with one attached hydrogen (secondary N) is 1. The summed E-state index contributed by atoms with van der Waals surface area (Å²) in [6.45, 7) is 5.24. The second kappa shape index (κ2) is 10.7. The summed E-state index contributed by atoms with van der Waals surface area (Å²) in [7, 11) is 0. The lowest BCUT2D eigenvalue weighted by atomic mass is 9.97. The highest BCUT2D eigenvalue weighted by Gasteiger charge is 2.25. The fourth-order valence-electron chi connectivity index (χ4n) is 3.95. The SMILES string of the molecule is CC(OCC1CCCCO1)C(=O)Nc1ccccc1CN1CCCC(C(N)=O)C1. The van der Waals surface area contributed by atoms with Crippen LogP contribution in [0.1, 0.15) is 44.6 Å². The van der Waals surface area contributed by atoms with E-state index in [0.717, 1.165) is 56.5 Å². The van der Waals surface area contributed by atoms with Gasteiger partial charge in [0.25, 0.3) is 5.91 Å². The Morgan fingerprint density at radius 3 is 2.86 bits per heavy atom. The Bertz CT molecular complexity index is 690. The van der Waals surface area contributed by atoms with Crippen molar-refractivity contribution in [2.75, 3.05) is 31.6 Å². The van der Waals surface area contributed by atoms with Crippen molar-refractivity contribution in [2.24, 2.45) is 11.7 Å². The molecule has 3 rings (SSSR count). The topological polar surface area (TPSA) is 93.9 Å². The van der Waals surface area contributed by atoms with E-state index in [0.29, 0.717) is 19.7 Å². The summed E-state index contributed by atoms with van der Waals surface area (Å²) in [6, 6.07) is 7.77. The molecule has 2 fully saturated rings. The van der Waals surface area contributed by atoms with Gasteiger partial charge < -0.3 is 20.5 Å². The molecule has 2 aliphatic rings. The molecule has 29 heavy (non-hydrogen) atoms. The Labute approximate surface area is 172 Å². The first kappa shape index (κ1) is 21.7. The van der Waals surface area contributed by atoms with Crippen LogP contribution in [-0.2, 0) is 25.6 Å². The highest BCUT2D eigenvalue weighted by Crippen LogP contribution is 2.22. The van der Waals surface area contributed by atoms with E-state index in [-0.39, 0.29) is 23.8 Å². The van der Waals surface area contributed by atoms with Crippen LogP contribution in [0.4, 0.5) is 5.69 Å². The van der Waals surface area contributed by atoms with Crippen LogP contribution in [-0.4, -0.2) is 55.2 Å². The van der Waals surface area contributed by atoms with Crippen LogP contribution in [0.3, 0.4) is 0 Å². The third kappa shape index (κ3) is 6.52. The molecule has 1 aromatic carbocycles. The van der Waals surface area contributed by atoms with Gasteiger partial charge in [-0.2, -0.15) is 0 Å². The average Bonchev–Trinajstić information content (AvgIpc) is 2.74. The van der Waals surface area contributed by atoms with E-state index in [2.05, 4.69) is 10.2 Å². The van der Waals surface area contributed by atoms with Crippen molar-refractivity contribution in [2.45, 2.75) is 57.8 Å². The van der Waals surface area contributed by atoms with E-state index < -0.39 is 6.10 Å². The summed E-state index contributed by atoms with van der Waals surface area (Å²) in [5, 5.41) is 3.00. The molecule has 0 radical (unpaired) electrons. The number of hydrogen-bond donors (Lipinski definition) is 2. The second-order valence-corrected chi connectivity index (χ2v) is 8.09. The van der Waals surface area contributed by atoms with Crippen molar-refractivity contribution < 1.29 is 19.1 Å². The highest BCUT2D eigenvalue weighted by atomic mass is 16.5. The van der Waals surface area contributed by atoms with Crippen LogP contribution >= 0.6 is 0 Å². The zero-order valence-electron chi connectivity index (χ0n) is 17.3. The smallest absolute Gasteiger partial charge is 0.253 e. The molecule has 7 heteroatoms. The maximum absolute atomic E-state index is 12.6. The molecule has 2 heterocycles. The van der Waals surface area contributed by atoms with Gasteiger partial charge in [0.15, 0.2) is 0 Å². The Morgan fingerprint density at radius 1 is 1.28 bits per heavy atom. The van der Waals surface area contributed by atoms with Gasteiger partial charge in [-0.3, -0.25) is 14.5 Å². The van der Waals surface area contributed by atoms with E-state index >= 15 is 0 Å². The van der Waals surface area contributed by atoms with Crippen LogP contribution < -0.4 is 11.1 Å². The Kier molecular flexibility index (Phi) is 8.03. The van der Waals surface area contributed by atoms with Crippen molar-refractivity contribution in [1.82, 2.24) is 4.90 Å². The van der Waals surface area contributed by atoms with Gasteiger partial charge in [0, 0.05) is 25.4 Å². The van der Waals surface area contributed by atoms with Crippen LogP contribution in [0, 0.1) is 5.92 Å². The standard InChI is InChI=1S/C22H33N3O4/c1-16(29-15-19-9-4-5-12-28-19)22(27)24-20-10-3-2-7-17(20)13-25-11-6-8-18(14-25)21(23)26/h2-3,7,10,16,18-19H,4-6,8-9,11-15H2,1H3,(H2,23,26)(H,24,27). The predicted octanol–water partition coefficient (Wildman–Crippen LogP) is 2.30. The third-order valence-electron chi connectivity index (χ3n) is 5.75. The van der Waals surface area contributed by atoms with Crippen molar-refractivity contribution in [3.63, 3.8) is 0 Å². The zero-order valence-corrected chi connectivity index (χ0v) is 17.3. The normalized spacial score (nSPS) is 24.0. The fraction of sp³-hybridized carbons (Fsp3) is 0.636. The Hall–Kier alpha value is -1.96. The minimum Gasteiger partial charge on any atom is -0.376 e. The maximum atomic E-state index is 12.6. The number of nitrogens with zero attached hydrogens (tertiary/aromatic N) is 1. The number of benzene rings is 1. The van der Waals surface area contributed by atoms with Crippen molar-refractivity contribution >= 4 is 17.5 Å². The molecule has 0 aliphatic carbocycles. The summed E-state index contributed by atoms with van der Waals surface area (Å²) in [5.74, 6) is -0.493.